The number of carbonyl (C=O) groups is 2. The van der Waals surface area contributed by atoms with Crippen LogP contribution >= 0.6 is 11.6 Å². The highest BCUT2D eigenvalue weighted by Gasteiger charge is 2.47. The lowest BCUT2D eigenvalue weighted by atomic mass is 9.85. The maximum absolute atomic E-state index is 13.3. The van der Waals surface area contributed by atoms with Gasteiger partial charge in [-0.25, -0.2) is 0 Å². The Morgan fingerprint density at radius 1 is 1.00 bits per heavy atom. The Balaban J connectivity index is 1.92. The van der Waals surface area contributed by atoms with E-state index >= 15 is 0 Å². The lowest BCUT2D eigenvalue weighted by Gasteiger charge is -2.27. The highest BCUT2D eigenvalue weighted by molar-refractivity contribution is 6.52. The lowest BCUT2D eigenvalue weighted by molar-refractivity contribution is -0.132. The van der Waals surface area contributed by atoms with Crippen LogP contribution in [0.25, 0.3) is 5.76 Å². The standard InChI is InChI=1S/C29H28ClNO5/c1-5-36-21-13-8-18(9-14-21)26(33)24-25(17-6-10-19(11-7-17)29(2,3)4)31(28(35)27(24)34)22-16-20(30)12-15-23(22)32/h6-16,25,32-33H,5H2,1-4H3/b26-24+. The number of anilines is 1. The summed E-state index contributed by atoms with van der Waals surface area (Å²) in [7, 11) is 0. The third-order valence-electron chi connectivity index (χ3n) is 6.17. The van der Waals surface area contributed by atoms with Gasteiger partial charge in [0.15, 0.2) is 0 Å². The molecule has 4 rings (SSSR count). The van der Waals surface area contributed by atoms with Crippen LogP contribution in [-0.4, -0.2) is 28.5 Å². The summed E-state index contributed by atoms with van der Waals surface area (Å²) in [4.78, 5) is 27.8. The van der Waals surface area contributed by atoms with E-state index in [4.69, 9.17) is 16.3 Å². The average molecular weight is 506 g/mol. The predicted octanol–water partition coefficient (Wildman–Crippen LogP) is 6.37. The Hall–Kier alpha value is -3.77. The number of phenols is 1. The van der Waals surface area contributed by atoms with Crippen molar-refractivity contribution < 1.29 is 24.5 Å². The smallest absolute Gasteiger partial charge is 0.300 e. The summed E-state index contributed by atoms with van der Waals surface area (Å²) in [6, 6.07) is 17.5. The molecule has 2 N–H and O–H groups in total. The number of halogens is 1. The number of benzene rings is 3. The zero-order chi connectivity index (χ0) is 26.2. The van der Waals surface area contributed by atoms with Crippen molar-refractivity contribution in [2.45, 2.75) is 39.2 Å². The number of hydrogen-bond acceptors (Lipinski definition) is 5. The Morgan fingerprint density at radius 3 is 2.22 bits per heavy atom. The van der Waals surface area contributed by atoms with Crippen molar-refractivity contribution in [3.63, 3.8) is 0 Å². The number of aliphatic hydroxyl groups is 1. The van der Waals surface area contributed by atoms with Gasteiger partial charge in [0.1, 0.15) is 17.3 Å². The third kappa shape index (κ3) is 4.69. The average Bonchev–Trinajstić information content (AvgIpc) is 3.10. The minimum atomic E-state index is -0.977. The Kier molecular flexibility index (Phi) is 6.83. The number of amides is 1. The molecule has 1 atom stereocenters. The van der Waals surface area contributed by atoms with Gasteiger partial charge in [-0.15, -0.1) is 0 Å². The highest BCUT2D eigenvalue weighted by atomic mass is 35.5. The van der Waals surface area contributed by atoms with Crippen LogP contribution in [0.4, 0.5) is 5.69 Å². The first-order valence-corrected chi connectivity index (χ1v) is 12.0. The summed E-state index contributed by atoms with van der Waals surface area (Å²) in [5.41, 5.74) is 1.94. The number of aromatic hydroxyl groups is 1. The molecule has 186 valence electrons. The molecule has 0 bridgehead atoms. The number of nitrogens with zero attached hydrogens (tertiary/aromatic N) is 1. The van der Waals surface area contributed by atoms with Crippen LogP contribution < -0.4 is 9.64 Å². The number of phenolic OH excluding ortho intramolecular Hbond substituents is 1. The van der Waals surface area contributed by atoms with Crippen LogP contribution in [-0.2, 0) is 15.0 Å². The van der Waals surface area contributed by atoms with Gasteiger partial charge in [-0.05, 0) is 65.9 Å². The number of rotatable bonds is 5. The molecule has 1 aliphatic heterocycles. The SMILES string of the molecule is CCOc1ccc(/C(O)=C2\C(=O)C(=O)N(c3cc(Cl)ccc3O)C2c2ccc(C(C)(C)C)cc2)cc1. The van der Waals surface area contributed by atoms with E-state index in [0.717, 1.165) is 5.56 Å². The van der Waals surface area contributed by atoms with Crippen molar-refractivity contribution in [3.05, 3.63) is 94.0 Å². The molecule has 0 aromatic heterocycles. The molecule has 0 radical (unpaired) electrons. The molecule has 1 heterocycles. The number of hydrogen-bond donors (Lipinski definition) is 2. The summed E-state index contributed by atoms with van der Waals surface area (Å²) < 4.78 is 5.47. The largest absolute Gasteiger partial charge is 0.507 e. The first-order valence-electron chi connectivity index (χ1n) is 11.7. The van der Waals surface area contributed by atoms with Gasteiger partial charge in [0, 0.05) is 10.6 Å². The molecule has 0 aliphatic carbocycles. The summed E-state index contributed by atoms with van der Waals surface area (Å²) in [6.45, 7) is 8.62. The molecule has 1 amide bonds. The normalized spacial score (nSPS) is 17.5. The van der Waals surface area contributed by atoms with Crippen LogP contribution in [0.1, 0.15) is 50.4 Å². The van der Waals surface area contributed by atoms with Crippen molar-refractivity contribution in [1.82, 2.24) is 0 Å². The van der Waals surface area contributed by atoms with Gasteiger partial charge in [0.25, 0.3) is 11.7 Å². The summed E-state index contributed by atoms with van der Waals surface area (Å²) in [5, 5.41) is 22.2. The fourth-order valence-corrected chi connectivity index (χ4v) is 4.45. The molecule has 1 aliphatic rings. The third-order valence-corrected chi connectivity index (χ3v) is 6.41. The van der Waals surface area contributed by atoms with Crippen LogP contribution in [0.2, 0.25) is 5.02 Å². The second-order valence-electron chi connectivity index (χ2n) is 9.63. The van der Waals surface area contributed by atoms with Crippen molar-refractivity contribution >= 4 is 34.7 Å². The zero-order valence-corrected chi connectivity index (χ0v) is 21.3. The molecule has 3 aromatic carbocycles. The molecule has 1 fully saturated rings. The Morgan fingerprint density at radius 2 is 1.64 bits per heavy atom. The Bertz CT molecular complexity index is 1340. The van der Waals surface area contributed by atoms with E-state index in [0.29, 0.717) is 23.5 Å². The molecule has 6 nitrogen and oxygen atoms in total. The predicted molar refractivity (Wildman–Crippen MR) is 141 cm³/mol. The monoisotopic (exact) mass is 505 g/mol. The fraction of sp³-hybridized carbons (Fsp3) is 0.241. The van der Waals surface area contributed by atoms with Crippen LogP contribution in [0.3, 0.4) is 0 Å². The van der Waals surface area contributed by atoms with Gasteiger partial charge in [-0.1, -0.05) is 56.6 Å². The van der Waals surface area contributed by atoms with Crippen molar-refractivity contribution in [1.29, 1.82) is 0 Å². The summed E-state index contributed by atoms with van der Waals surface area (Å²) in [6.07, 6.45) is 0. The van der Waals surface area contributed by atoms with Crippen molar-refractivity contribution in [2.75, 3.05) is 11.5 Å². The van der Waals surface area contributed by atoms with Crippen molar-refractivity contribution in [3.8, 4) is 11.5 Å². The highest BCUT2D eigenvalue weighted by Crippen LogP contribution is 2.45. The second-order valence-corrected chi connectivity index (χ2v) is 10.1. The number of ether oxygens (including phenoxy) is 1. The number of carbonyl (C=O) groups excluding carboxylic acids is 2. The fourth-order valence-electron chi connectivity index (χ4n) is 4.28. The topological polar surface area (TPSA) is 87.1 Å². The van der Waals surface area contributed by atoms with E-state index in [9.17, 15) is 19.8 Å². The number of ketones is 1. The molecule has 7 heteroatoms. The van der Waals surface area contributed by atoms with Crippen LogP contribution in [0.5, 0.6) is 11.5 Å². The molecule has 0 saturated carbocycles. The quantitative estimate of drug-likeness (QED) is 0.239. The summed E-state index contributed by atoms with van der Waals surface area (Å²) in [5.74, 6) is -1.63. The van der Waals surface area contributed by atoms with Gasteiger partial charge in [-0.2, -0.15) is 0 Å². The van der Waals surface area contributed by atoms with E-state index in [-0.39, 0.29) is 33.2 Å². The van der Waals surface area contributed by atoms with Gasteiger partial charge < -0.3 is 14.9 Å². The number of Topliss-reactive ketones (excluding diaryl/α,β-unsaturated/α-hetero) is 1. The van der Waals surface area contributed by atoms with E-state index in [1.165, 1.54) is 23.1 Å². The van der Waals surface area contributed by atoms with E-state index in [2.05, 4.69) is 20.8 Å². The van der Waals surface area contributed by atoms with Gasteiger partial charge >= 0.3 is 0 Å². The lowest BCUT2D eigenvalue weighted by Crippen LogP contribution is -2.29. The minimum absolute atomic E-state index is 0.0768. The van der Waals surface area contributed by atoms with Crippen LogP contribution in [0.15, 0.2) is 72.3 Å². The van der Waals surface area contributed by atoms with Gasteiger partial charge in [0.2, 0.25) is 0 Å². The number of aliphatic hydroxyl groups excluding tert-OH is 1. The molecule has 0 spiro atoms. The second kappa shape index (κ2) is 9.70. The summed E-state index contributed by atoms with van der Waals surface area (Å²) >= 11 is 6.17. The zero-order valence-electron chi connectivity index (χ0n) is 20.6. The molecular formula is C29H28ClNO5. The van der Waals surface area contributed by atoms with Crippen LogP contribution in [0, 0.1) is 0 Å². The molecule has 36 heavy (non-hydrogen) atoms. The first kappa shape index (κ1) is 25.3. The maximum atomic E-state index is 13.3. The van der Waals surface area contributed by atoms with Crippen molar-refractivity contribution in [2.24, 2.45) is 0 Å². The first-order chi connectivity index (χ1) is 17.0. The van der Waals surface area contributed by atoms with E-state index in [1.54, 1.807) is 24.3 Å². The Labute approximate surface area is 215 Å². The van der Waals surface area contributed by atoms with Gasteiger partial charge in [-0.3, -0.25) is 14.5 Å². The molecular weight excluding hydrogens is 478 g/mol. The molecule has 1 unspecified atom stereocenters. The van der Waals surface area contributed by atoms with E-state index < -0.39 is 17.7 Å². The van der Waals surface area contributed by atoms with E-state index in [1.807, 2.05) is 31.2 Å². The minimum Gasteiger partial charge on any atom is -0.507 e. The molecule has 1 saturated heterocycles. The van der Waals surface area contributed by atoms with Gasteiger partial charge in [0.05, 0.1) is 23.9 Å². The maximum Gasteiger partial charge on any atom is 0.300 e. The molecule has 3 aromatic rings.